The van der Waals surface area contributed by atoms with E-state index in [0.717, 1.165) is 31.4 Å². The quantitative estimate of drug-likeness (QED) is 0.327. The molecule has 192 valence electrons. The highest BCUT2D eigenvalue weighted by atomic mass is 16.7. The van der Waals surface area contributed by atoms with Crippen LogP contribution in [0.15, 0.2) is 16.8 Å². The van der Waals surface area contributed by atoms with E-state index in [9.17, 15) is 19.5 Å². The third-order valence-corrected chi connectivity index (χ3v) is 10.8. The first kappa shape index (κ1) is 24.5. The first-order valence-corrected chi connectivity index (χ1v) is 13.6. The van der Waals surface area contributed by atoms with Gasteiger partial charge in [0.1, 0.15) is 0 Å². The van der Waals surface area contributed by atoms with Gasteiger partial charge in [0, 0.05) is 25.4 Å². The van der Waals surface area contributed by atoms with Gasteiger partial charge in [-0.1, -0.05) is 24.6 Å². The molecule has 1 heterocycles. The van der Waals surface area contributed by atoms with Gasteiger partial charge in [-0.3, -0.25) is 4.79 Å². The number of piperidine rings is 1. The lowest BCUT2D eigenvalue weighted by Gasteiger charge is -2.58. The van der Waals surface area contributed by atoms with Gasteiger partial charge in [-0.15, -0.1) is 0 Å². The number of carboxylic acid groups (broad SMARTS) is 1. The molecule has 1 saturated heterocycles. The van der Waals surface area contributed by atoms with Crippen molar-refractivity contribution in [2.24, 2.45) is 45.6 Å². The number of carbonyl (C=O) groups excluding carboxylic acids is 2. The van der Waals surface area contributed by atoms with Gasteiger partial charge in [0.25, 0.3) is 0 Å². The Bertz CT molecular complexity index is 972. The number of rotatable bonds is 3. The van der Waals surface area contributed by atoms with E-state index in [-0.39, 0.29) is 17.4 Å². The number of hydrogen-bond acceptors (Lipinski definition) is 5. The minimum Gasteiger partial charge on any atom is -0.465 e. The zero-order chi connectivity index (χ0) is 25.0. The average molecular weight is 485 g/mol. The van der Waals surface area contributed by atoms with Crippen LogP contribution in [0, 0.1) is 40.4 Å². The Hall–Kier alpha value is -2.18. The number of carbonyl (C=O) groups is 3. The molecule has 7 nitrogen and oxygen atoms in total. The number of hydrogen-bond donors (Lipinski definition) is 1. The van der Waals surface area contributed by atoms with E-state index in [1.54, 1.807) is 0 Å². The first-order valence-electron chi connectivity index (χ1n) is 13.6. The maximum atomic E-state index is 12.7. The summed E-state index contributed by atoms with van der Waals surface area (Å²) in [4.78, 5) is 42.7. The first-order chi connectivity index (χ1) is 16.6. The molecule has 5 rings (SSSR count). The van der Waals surface area contributed by atoms with Gasteiger partial charge in [-0.2, -0.15) is 0 Å². The maximum absolute atomic E-state index is 12.7. The van der Waals surface area contributed by atoms with Crippen LogP contribution in [0.25, 0.3) is 0 Å². The summed E-state index contributed by atoms with van der Waals surface area (Å²) in [5.74, 6) is 1.75. The Labute approximate surface area is 208 Å². The zero-order valence-electron chi connectivity index (χ0n) is 21.4. The molecule has 4 aliphatic carbocycles. The standard InChI is InChI=1S/C28H40N2O5/c1-17(29-35-25(32)18-5-4-14-30(16-18)26(33)34)22-8-9-23-21-7-6-19-15-20(31)10-12-27(19,2)24(21)11-13-28(22,23)3/h15,18,21-24H,4-14,16H2,1-3H3,(H,33,34)/t18?,21-,22+,23-,24-,27-,28+/m0/s1. The summed E-state index contributed by atoms with van der Waals surface area (Å²) < 4.78 is 0. The fraction of sp³-hybridized carbons (Fsp3) is 0.786. The van der Waals surface area contributed by atoms with Crippen molar-refractivity contribution in [1.82, 2.24) is 4.90 Å². The van der Waals surface area contributed by atoms with Gasteiger partial charge < -0.3 is 14.8 Å². The van der Waals surface area contributed by atoms with E-state index < -0.39 is 18.0 Å². The van der Waals surface area contributed by atoms with Gasteiger partial charge in [0.2, 0.25) is 0 Å². The molecule has 7 heteroatoms. The molecule has 0 aromatic carbocycles. The summed E-state index contributed by atoms with van der Waals surface area (Å²) in [6.45, 7) is 7.50. The molecule has 3 saturated carbocycles. The summed E-state index contributed by atoms with van der Waals surface area (Å²) >= 11 is 0. The van der Waals surface area contributed by atoms with Crippen LogP contribution in [-0.2, 0) is 14.4 Å². The third kappa shape index (κ3) is 4.13. The largest absolute Gasteiger partial charge is 0.465 e. The molecule has 1 aliphatic heterocycles. The average Bonchev–Trinajstić information content (AvgIpc) is 3.20. The molecule has 1 N–H and O–H groups in total. The number of nitrogens with zero attached hydrogens (tertiary/aromatic N) is 2. The van der Waals surface area contributed by atoms with Crippen molar-refractivity contribution < 1.29 is 24.3 Å². The molecule has 0 bridgehead atoms. The summed E-state index contributed by atoms with van der Waals surface area (Å²) in [5, 5.41) is 13.6. The van der Waals surface area contributed by atoms with Crippen LogP contribution < -0.4 is 0 Å². The molecule has 4 fully saturated rings. The lowest BCUT2D eigenvalue weighted by atomic mass is 9.46. The monoisotopic (exact) mass is 484 g/mol. The van der Waals surface area contributed by atoms with Crippen molar-refractivity contribution in [3.05, 3.63) is 11.6 Å². The number of likely N-dealkylation sites (tertiary alicyclic amines) is 1. The summed E-state index contributed by atoms with van der Waals surface area (Å²) in [5.41, 5.74) is 2.65. The fourth-order valence-corrected chi connectivity index (χ4v) is 8.84. The van der Waals surface area contributed by atoms with Gasteiger partial charge in [-0.25, -0.2) is 9.59 Å². The molecule has 7 atom stereocenters. The lowest BCUT2D eigenvalue weighted by Crippen LogP contribution is -2.51. The molecule has 1 amide bonds. The minimum absolute atomic E-state index is 0.161. The van der Waals surface area contributed by atoms with Crippen LogP contribution in [0.5, 0.6) is 0 Å². The Morgan fingerprint density at radius 3 is 2.66 bits per heavy atom. The highest BCUT2D eigenvalue weighted by Gasteiger charge is 2.59. The second kappa shape index (κ2) is 9.04. The van der Waals surface area contributed by atoms with Gasteiger partial charge in [0.05, 0.1) is 11.6 Å². The van der Waals surface area contributed by atoms with Gasteiger partial charge in [0.15, 0.2) is 5.78 Å². The van der Waals surface area contributed by atoms with Crippen LogP contribution in [0.1, 0.15) is 85.0 Å². The van der Waals surface area contributed by atoms with E-state index in [4.69, 9.17) is 4.84 Å². The fourth-order valence-electron chi connectivity index (χ4n) is 8.84. The maximum Gasteiger partial charge on any atom is 0.407 e. The molecule has 0 radical (unpaired) electrons. The topological polar surface area (TPSA) is 96.3 Å². The van der Waals surface area contributed by atoms with Crippen molar-refractivity contribution in [3.63, 3.8) is 0 Å². The lowest BCUT2D eigenvalue weighted by molar-refractivity contribution is -0.150. The molecule has 1 unspecified atom stereocenters. The molecule has 5 aliphatic rings. The number of fused-ring (bicyclic) bond motifs is 5. The Morgan fingerprint density at radius 1 is 1.09 bits per heavy atom. The van der Waals surface area contributed by atoms with Crippen LogP contribution in [0.3, 0.4) is 0 Å². The van der Waals surface area contributed by atoms with Crippen molar-refractivity contribution in [1.29, 1.82) is 0 Å². The smallest absolute Gasteiger partial charge is 0.407 e. The summed E-state index contributed by atoms with van der Waals surface area (Å²) in [7, 11) is 0. The Balaban J connectivity index is 1.27. The van der Waals surface area contributed by atoms with Gasteiger partial charge in [-0.05, 0) is 99.4 Å². The van der Waals surface area contributed by atoms with E-state index in [0.29, 0.717) is 55.3 Å². The number of allylic oxidation sites excluding steroid dienone is 1. The van der Waals surface area contributed by atoms with Crippen LogP contribution in [0.2, 0.25) is 0 Å². The molecule has 0 aromatic heterocycles. The molecular weight excluding hydrogens is 444 g/mol. The zero-order valence-corrected chi connectivity index (χ0v) is 21.4. The minimum atomic E-state index is -0.985. The normalized spacial score (nSPS) is 41.4. The number of ketones is 1. The Kier molecular flexibility index (Phi) is 6.33. The molecule has 35 heavy (non-hydrogen) atoms. The number of oxime groups is 1. The van der Waals surface area contributed by atoms with Gasteiger partial charge >= 0.3 is 12.1 Å². The second-order valence-electron chi connectivity index (χ2n) is 12.4. The van der Waals surface area contributed by atoms with Crippen molar-refractivity contribution in [2.75, 3.05) is 13.1 Å². The third-order valence-electron chi connectivity index (χ3n) is 10.8. The van der Waals surface area contributed by atoms with Crippen LogP contribution >= 0.6 is 0 Å². The highest BCUT2D eigenvalue weighted by Crippen LogP contribution is 2.66. The van der Waals surface area contributed by atoms with E-state index in [2.05, 4.69) is 19.0 Å². The molecule has 0 spiro atoms. The van der Waals surface area contributed by atoms with Crippen LogP contribution in [-0.4, -0.2) is 46.7 Å². The summed E-state index contributed by atoms with van der Waals surface area (Å²) in [6.07, 6.45) is 10.8. The van der Waals surface area contributed by atoms with E-state index in [1.807, 2.05) is 13.0 Å². The van der Waals surface area contributed by atoms with Crippen molar-refractivity contribution in [3.8, 4) is 0 Å². The SMILES string of the molecule is CC(=NOC(=O)C1CCCN(C(=O)O)C1)[C@H]1CC[C@H]2[C@@H]3CCC4=CC(=O)CC[C@]4(C)[C@H]3CC[C@]12C. The predicted molar refractivity (Wildman–Crippen MR) is 132 cm³/mol. The van der Waals surface area contributed by atoms with Crippen molar-refractivity contribution in [2.45, 2.75) is 85.0 Å². The number of amides is 1. The summed E-state index contributed by atoms with van der Waals surface area (Å²) in [6, 6.07) is 0. The molecular formula is C28H40N2O5. The second-order valence-corrected chi connectivity index (χ2v) is 12.4. The highest BCUT2D eigenvalue weighted by molar-refractivity contribution is 5.91. The van der Waals surface area contributed by atoms with Crippen molar-refractivity contribution >= 4 is 23.6 Å². The van der Waals surface area contributed by atoms with E-state index >= 15 is 0 Å². The molecule has 0 aromatic rings. The van der Waals surface area contributed by atoms with Crippen LogP contribution in [0.4, 0.5) is 4.79 Å². The predicted octanol–water partition coefficient (Wildman–Crippen LogP) is 5.44. The van der Waals surface area contributed by atoms with E-state index in [1.165, 1.54) is 29.7 Å². The Morgan fingerprint density at radius 2 is 1.89 bits per heavy atom.